The van der Waals surface area contributed by atoms with E-state index in [-0.39, 0.29) is 4.90 Å². The minimum atomic E-state index is -4.24. The molecule has 0 bridgehead atoms. The van der Waals surface area contributed by atoms with Crippen molar-refractivity contribution in [2.75, 3.05) is 4.72 Å². The van der Waals surface area contributed by atoms with E-state index < -0.39 is 38.9 Å². The monoisotopic (exact) mass is 410 g/mol. The topological polar surface area (TPSA) is 134 Å². The molecule has 0 amide bonds. The molecule has 0 aromatic heterocycles. The lowest BCUT2D eigenvalue weighted by atomic mass is 10.2. The summed E-state index contributed by atoms with van der Waals surface area (Å²) in [6, 6.07) is 6.12. The van der Waals surface area contributed by atoms with Gasteiger partial charge in [0.2, 0.25) is 0 Å². The van der Waals surface area contributed by atoms with Crippen LogP contribution in [-0.4, -0.2) is 31.4 Å². The Morgan fingerprint density at radius 2 is 1.86 bits per heavy atom. The van der Waals surface area contributed by atoms with Crippen molar-refractivity contribution in [1.29, 1.82) is 0 Å². The van der Waals surface area contributed by atoms with Gasteiger partial charge in [-0.05, 0) is 36.8 Å². The number of aliphatic imine (C=N–C) groups is 1. The van der Waals surface area contributed by atoms with Crippen LogP contribution in [0.4, 0.5) is 20.2 Å². The summed E-state index contributed by atoms with van der Waals surface area (Å²) in [6.07, 6.45) is 2.00. The highest BCUT2D eigenvalue weighted by Gasteiger charge is 2.20. The number of nitrogens with two attached hydrogens (primary N) is 1. The molecule has 0 aliphatic carbocycles. The molecule has 0 fully saturated rings. The van der Waals surface area contributed by atoms with E-state index in [0.29, 0.717) is 30.0 Å². The van der Waals surface area contributed by atoms with Crippen LogP contribution in [-0.2, 0) is 10.0 Å². The summed E-state index contributed by atoms with van der Waals surface area (Å²) in [5.41, 5.74) is -0.649. The van der Waals surface area contributed by atoms with Crippen molar-refractivity contribution in [2.45, 2.75) is 18.2 Å². The van der Waals surface area contributed by atoms with Gasteiger partial charge in [-0.3, -0.25) is 9.71 Å². The number of nitrogens with zero attached hydrogens (tertiary/aromatic N) is 2. The highest BCUT2D eigenvalue weighted by molar-refractivity contribution is 7.92. The summed E-state index contributed by atoms with van der Waals surface area (Å²) in [4.78, 5) is 14.7. The predicted molar refractivity (Wildman–Crippen MR) is 101 cm³/mol. The van der Waals surface area contributed by atoms with E-state index in [4.69, 9.17) is 10.9 Å². The number of nitrogens with one attached hydrogen (secondary N) is 1. The molecule has 2 aromatic carbocycles. The second kappa shape index (κ2) is 8.57. The molecule has 11 heteroatoms. The normalized spacial score (nSPS) is 12.3. The second-order valence-corrected chi connectivity index (χ2v) is 7.13. The highest BCUT2D eigenvalue weighted by atomic mass is 32.2. The number of aromatic carboxylic acids is 1. The average Bonchev–Trinajstić information content (AvgIpc) is 2.65. The maximum atomic E-state index is 13.9. The first-order valence-corrected chi connectivity index (χ1v) is 9.32. The number of carbonyl (C=O) groups is 1. The van der Waals surface area contributed by atoms with Crippen LogP contribution in [0, 0.1) is 11.6 Å². The van der Waals surface area contributed by atoms with Gasteiger partial charge in [0.15, 0.2) is 0 Å². The lowest BCUT2D eigenvalue weighted by Gasteiger charge is -2.10. The molecular weight excluding hydrogens is 394 g/mol. The van der Waals surface area contributed by atoms with Gasteiger partial charge in [0.25, 0.3) is 10.0 Å². The maximum absolute atomic E-state index is 13.9. The van der Waals surface area contributed by atoms with Gasteiger partial charge >= 0.3 is 5.97 Å². The first kappa shape index (κ1) is 21.0. The molecule has 2 rings (SSSR count). The van der Waals surface area contributed by atoms with Gasteiger partial charge in [-0.1, -0.05) is 6.92 Å². The Bertz CT molecular complexity index is 1050. The van der Waals surface area contributed by atoms with Gasteiger partial charge in [-0.25, -0.2) is 22.0 Å². The fourth-order valence-corrected chi connectivity index (χ4v) is 3.13. The zero-order chi connectivity index (χ0) is 20.9. The summed E-state index contributed by atoms with van der Waals surface area (Å²) in [6.45, 7) is 1.84. The van der Waals surface area contributed by atoms with Gasteiger partial charge in [0, 0.05) is 6.07 Å². The lowest BCUT2D eigenvalue weighted by molar-refractivity contribution is 0.0691. The zero-order valence-corrected chi connectivity index (χ0v) is 15.4. The molecule has 148 valence electrons. The van der Waals surface area contributed by atoms with Crippen LogP contribution >= 0.6 is 0 Å². The molecule has 0 aliphatic heterocycles. The summed E-state index contributed by atoms with van der Waals surface area (Å²) < 4.78 is 54.3. The van der Waals surface area contributed by atoms with Crippen molar-refractivity contribution >= 4 is 39.3 Å². The van der Waals surface area contributed by atoms with Gasteiger partial charge in [-0.15, -0.1) is 0 Å². The molecule has 0 spiro atoms. The number of carboxylic acid groups (broad SMARTS) is 1. The average molecular weight is 410 g/mol. The van der Waals surface area contributed by atoms with Crippen LogP contribution in [0.1, 0.15) is 23.7 Å². The number of carboxylic acids is 1. The Morgan fingerprint density at radius 3 is 2.39 bits per heavy atom. The number of halogens is 2. The molecule has 0 aliphatic rings. The molecule has 0 unspecified atom stereocenters. The first-order chi connectivity index (χ1) is 13.2. The molecule has 2 aromatic rings. The Hall–Kier alpha value is -3.34. The van der Waals surface area contributed by atoms with Crippen molar-refractivity contribution in [3.8, 4) is 0 Å². The molecule has 0 radical (unpaired) electrons. The van der Waals surface area contributed by atoms with E-state index >= 15 is 0 Å². The Morgan fingerprint density at radius 1 is 1.21 bits per heavy atom. The SMILES string of the molecule is CCC(C=Nc1ccc(S(=O)(=O)Nc2cc(F)c(C(=O)O)cc2F)cc1)=NN. The predicted octanol–water partition coefficient (Wildman–Crippen LogP) is 2.89. The molecular formula is C17H16F2N4O4S. The maximum Gasteiger partial charge on any atom is 0.338 e. The third-order valence-electron chi connectivity index (χ3n) is 3.57. The van der Waals surface area contributed by atoms with E-state index in [1.165, 1.54) is 30.5 Å². The zero-order valence-electron chi connectivity index (χ0n) is 14.6. The highest BCUT2D eigenvalue weighted by Crippen LogP contribution is 2.24. The van der Waals surface area contributed by atoms with Gasteiger partial charge in [0.05, 0.1) is 33.8 Å². The first-order valence-electron chi connectivity index (χ1n) is 7.84. The number of sulfonamides is 1. The smallest absolute Gasteiger partial charge is 0.338 e. The molecule has 8 nitrogen and oxygen atoms in total. The van der Waals surface area contributed by atoms with Gasteiger partial charge in [0.1, 0.15) is 11.6 Å². The number of hydrogen-bond donors (Lipinski definition) is 3. The number of hydrogen-bond acceptors (Lipinski definition) is 6. The van der Waals surface area contributed by atoms with E-state index in [1.54, 1.807) is 0 Å². The van der Waals surface area contributed by atoms with Crippen molar-refractivity contribution < 1.29 is 27.1 Å². The van der Waals surface area contributed by atoms with Crippen LogP contribution in [0.5, 0.6) is 0 Å². The number of anilines is 1. The Kier molecular flexibility index (Phi) is 6.41. The number of rotatable bonds is 7. The second-order valence-electron chi connectivity index (χ2n) is 5.45. The van der Waals surface area contributed by atoms with E-state index in [2.05, 4.69) is 10.1 Å². The fourth-order valence-electron chi connectivity index (χ4n) is 2.07. The molecule has 0 saturated heterocycles. The number of benzene rings is 2. The van der Waals surface area contributed by atoms with Crippen molar-refractivity contribution in [3.05, 3.63) is 53.6 Å². The summed E-state index contributed by atoms with van der Waals surface area (Å²) in [5.74, 6) is 0.998. The summed E-state index contributed by atoms with van der Waals surface area (Å²) >= 11 is 0. The fraction of sp³-hybridized carbons (Fsp3) is 0.118. The Labute approximate surface area is 159 Å². The third kappa shape index (κ3) is 4.88. The minimum absolute atomic E-state index is 0.225. The molecule has 0 heterocycles. The lowest BCUT2D eigenvalue weighted by Crippen LogP contribution is -2.15. The molecule has 0 atom stereocenters. The van der Waals surface area contributed by atoms with Crippen LogP contribution in [0.3, 0.4) is 0 Å². The van der Waals surface area contributed by atoms with Crippen molar-refractivity contribution in [1.82, 2.24) is 0 Å². The van der Waals surface area contributed by atoms with Crippen LogP contribution < -0.4 is 10.6 Å². The summed E-state index contributed by atoms with van der Waals surface area (Å²) in [7, 11) is -4.24. The van der Waals surface area contributed by atoms with E-state index in [1.807, 2.05) is 11.6 Å². The van der Waals surface area contributed by atoms with Crippen LogP contribution in [0.25, 0.3) is 0 Å². The van der Waals surface area contributed by atoms with Gasteiger partial charge in [-0.2, -0.15) is 5.10 Å². The van der Waals surface area contributed by atoms with E-state index in [9.17, 15) is 22.0 Å². The van der Waals surface area contributed by atoms with Crippen LogP contribution in [0.2, 0.25) is 0 Å². The quantitative estimate of drug-likeness (QED) is 0.366. The van der Waals surface area contributed by atoms with Gasteiger partial charge < -0.3 is 10.9 Å². The largest absolute Gasteiger partial charge is 0.478 e. The molecule has 28 heavy (non-hydrogen) atoms. The third-order valence-corrected chi connectivity index (χ3v) is 4.95. The minimum Gasteiger partial charge on any atom is -0.478 e. The molecule has 0 saturated carbocycles. The van der Waals surface area contributed by atoms with Crippen LogP contribution in [0.15, 0.2) is 51.4 Å². The summed E-state index contributed by atoms with van der Waals surface area (Å²) in [5, 5.41) is 12.3. The number of hydrazone groups is 1. The van der Waals surface area contributed by atoms with Crippen molar-refractivity contribution in [3.63, 3.8) is 0 Å². The van der Waals surface area contributed by atoms with Crippen molar-refractivity contribution in [2.24, 2.45) is 15.9 Å². The standard InChI is InChI=1S/C17H16F2N4O4S/c1-2-10(22-20)9-21-11-3-5-12(6-4-11)28(26,27)23-16-8-14(18)13(17(24)25)7-15(16)19/h3-9,23H,2,20H2,1H3,(H,24,25). The van der Waals surface area contributed by atoms with E-state index in [0.717, 1.165) is 0 Å². The molecule has 4 N–H and O–H groups in total. The Balaban J connectivity index is 2.26.